The summed E-state index contributed by atoms with van der Waals surface area (Å²) in [6, 6.07) is 7.98. The molecule has 0 saturated heterocycles. The van der Waals surface area contributed by atoms with Gasteiger partial charge in [0.25, 0.3) is 0 Å². The lowest BCUT2D eigenvalue weighted by atomic mass is 10.0. The number of rotatable bonds is 5. The third-order valence-corrected chi connectivity index (χ3v) is 2.29. The van der Waals surface area contributed by atoms with E-state index in [1.165, 1.54) is 5.56 Å². The fraction of sp³-hybridized carbons (Fsp3) is 0.417. The fourth-order valence-electron chi connectivity index (χ4n) is 1.38. The van der Waals surface area contributed by atoms with E-state index in [0.29, 0.717) is 12.8 Å². The molecule has 0 aliphatic carbocycles. The molecule has 0 heterocycles. The van der Waals surface area contributed by atoms with Crippen LogP contribution in [0, 0.1) is 6.92 Å². The van der Waals surface area contributed by atoms with Crippen LogP contribution in [0.4, 0.5) is 0 Å². The molecule has 0 aliphatic heterocycles. The Morgan fingerprint density at radius 3 is 2.53 bits per heavy atom. The number of carbonyl (C=O) groups excluding carboxylic acids is 1. The Morgan fingerprint density at radius 1 is 1.40 bits per heavy atom. The van der Waals surface area contributed by atoms with Crippen LogP contribution in [-0.2, 0) is 11.2 Å². The number of hydrogen-bond donors (Lipinski definition) is 1. The van der Waals surface area contributed by atoms with Gasteiger partial charge >= 0.3 is 0 Å². The first-order valence-electron chi connectivity index (χ1n) is 5.01. The van der Waals surface area contributed by atoms with Gasteiger partial charge in [0.05, 0.1) is 6.10 Å². The van der Waals surface area contributed by atoms with E-state index >= 15 is 0 Å². The van der Waals surface area contributed by atoms with Gasteiger partial charge in [0.1, 0.15) is 0 Å². The average Bonchev–Trinajstić information content (AvgIpc) is 2.16. The zero-order valence-corrected chi connectivity index (χ0v) is 8.77. The number of aliphatic hydroxyl groups excluding tert-OH is 1. The highest BCUT2D eigenvalue weighted by Crippen LogP contribution is 2.08. The highest BCUT2D eigenvalue weighted by Gasteiger charge is 2.04. The van der Waals surface area contributed by atoms with Crippen molar-refractivity contribution in [1.29, 1.82) is 0 Å². The van der Waals surface area contributed by atoms with Crippen LogP contribution in [0.1, 0.15) is 24.0 Å². The average molecular weight is 207 g/mol. The number of aryl methyl sites for hydroxylation is 2. The first kappa shape index (κ1) is 11.7. The van der Waals surface area contributed by atoms with E-state index in [1.54, 1.807) is 0 Å². The van der Waals surface area contributed by atoms with Crippen LogP contribution < -0.4 is 5.11 Å². The standard InChI is InChI=1S/C12H16O3/c1-9-2-4-10(5-3-9)6-7-11(13)8-12(14)15/h2-5,11,13H,6-8H2,1H3,(H,14,15)/p-1. The first-order valence-corrected chi connectivity index (χ1v) is 5.01. The van der Waals surface area contributed by atoms with Crippen molar-refractivity contribution in [2.24, 2.45) is 0 Å². The molecule has 0 fully saturated rings. The lowest BCUT2D eigenvalue weighted by Gasteiger charge is -2.10. The molecule has 1 N–H and O–H groups in total. The highest BCUT2D eigenvalue weighted by atomic mass is 16.4. The summed E-state index contributed by atoms with van der Waals surface area (Å²) >= 11 is 0. The number of aliphatic carboxylic acids is 1. The highest BCUT2D eigenvalue weighted by molar-refractivity contribution is 5.64. The van der Waals surface area contributed by atoms with E-state index in [1.807, 2.05) is 31.2 Å². The molecule has 0 amide bonds. The van der Waals surface area contributed by atoms with Crippen molar-refractivity contribution >= 4 is 5.97 Å². The van der Waals surface area contributed by atoms with Gasteiger partial charge < -0.3 is 15.0 Å². The molecule has 1 rings (SSSR count). The minimum atomic E-state index is -1.20. The van der Waals surface area contributed by atoms with Crippen molar-refractivity contribution in [3.05, 3.63) is 35.4 Å². The van der Waals surface area contributed by atoms with Gasteiger partial charge in [-0.2, -0.15) is 0 Å². The topological polar surface area (TPSA) is 60.4 Å². The van der Waals surface area contributed by atoms with Gasteiger partial charge in [-0.3, -0.25) is 0 Å². The minimum absolute atomic E-state index is 0.286. The van der Waals surface area contributed by atoms with Crippen molar-refractivity contribution in [1.82, 2.24) is 0 Å². The third kappa shape index (κ3) is 4.61. The Morgan fingerprint density at radius 2 is 2.00 bits per heavy atom. The monoisotopic (exact) mass is 207 g/mol. The molecule has 1 unspecified atom stereocenters. The van der Waals surface area contributed by atoms with Crippen LogP contribution >= 0.6 is 0 Å². The summed E-state index contributed by atoms with van der Waals surface area (Å²) in [6.45, 7) is 2.01. The van der Waals surface area contributed by atoms with Crippen LogP contribution in [-0.4, -0.2) is 17.2 Å². The molecule has 1 atom stereocenters. The number of carbonyl (C=O) groups is 1. The van der Waals surface area contributed by atoms with Crippen molar-refractivity contribution in [3.63, 3.8) is 0 Å². The molecular weight excluding hydrogens is 192 g/mol. The lowest BCUT2D eigenvalue weighted by molar-refractivity contribution is -0.307. The van der Waals surface area contributed by atoms with E-state index in [-0.39, 0.29) is 6.42 Å². The van der Waals surface area contributed by atoms with Crippen molar-refractivity contribution in [2.45, 2.75) is 32.3 Å². The van der Waals surface area contributed by atoms with Crippen LogP contribution in [0.2, 0.25) is 0 Å². The van der Waals surface area contributed by atoms with Gasteiger partial charge in [0, 0.05) is 12.4 Å². The predicted octanol–water partition coefficient (Wildman–Crippen LogP) is 0.429. The Hall–Kier alpha value is -1.35. The summed E-state index contributed by atoms with van der Waals surface area (Å²) in [7, 11) is 0. The number of aliphatic hydroxyl groups is 1. The molecule has 0 bridgehead atoms. The summed E-state index contributed by atoms with van der Waals surface area (Å²) in [6.07, 6.45) is 0.0498. The van der Waals surface area contributed by atoms with Crippen molar-refractivity contribution < 1.29 is 15.0 Å². The summed E-state index contributed by atoms with van der Waals surface area (Å²) < 4.78 is 0. The quantitative estimate of drug-likeness (QED) is 0.761. The summed E-state index contributed by atoms with van der Waals surface area (Å²) in [5.74, 6) is -1.20. The van der Waals surface area contributed by atoms with Crippen LogP contribution in [0.25, 0.3) is 0 Å². The second-order valence-corrected chi connectivity index (χ2v) is 3.75. The molecule has 0 saturated carbocycles. The van der Waals surface area contributed by atoms with Crippen molar-refractivity contribution in [2.75, 3.05) is 0 Å². The van der Waals surface area contributed by atoms with Gasteiger partial charge in [-0.25, -0.2) is 0 Å². The molecule has 0 spiro atoms. The second-order valence-electron chi connectivity index (χ2n) is 3.75. The maximum Gasteiger partial charge on any atom is 0.0595 e. The molecule has 1 aromatic rings. The molecular formula is C12H15O3-. The number of benzene rings is 1. The van der Waals surface area contributed by atoms with Crippen LogP contribution in [0.15, 0.2) is 24.3 Å². The molecule has 15 heavy (non-hydrogen) atoms. The largest absolute Gasteiger partial charge is 0.550 e. The summed E-state index contributed by atoms with van der Waals surface area (Å²) in [5, 5.41) is 19.5. The van der Waals surface area contributed by atoms with Gasteiger partial charge in [-0.15, -0.1) is 0 Å². The first-order chi connectivity index (χ1) is 7.08. The number of carboxylic acids is 1. The zero-order chi connectivity index (χ0) is 11.3. The molecule has 3 heteroatoms. The Kier molecular flexibility index (Phi) is 4.31. The van der Waals surface area contributed by atoms with E-state index in [2.05, 4.69) is 0 Å². The SMILES string of the molecule is Cc1ccc(CCC(O)CC(=O)[O-])cc1. The molecule has 0 aliphatic rings. The number of hydrogen-bond acceptors (Lipinski definition) is 3. The van der Waals surface area contributed by atoms with Crippen molar-refractivity contribution in [3.8, 4) is 0 Å². The normalized spacial score (nSPS) is 12.4. The molecule has 0 radical (unpaired) electrons. The summed E-state index contributed by atoms with van der Waals surface area (Å²) in [4.78, 5) is 10.2. The fourth-order valence-corrected chi connectivity index (χ4v) is 1.38. The van der Waals surface area contributed by atoms with E-state index in [4.69, 9.17) is 0 Å². The second kappa shape index (κ2) is 5.51. The summed E-state index contributed by atoms with van der Waals surface area (Å²) in [5.41, 5.74) is 2.30. The smallest absolute Gasteiger partial charge is 0.0595 e. The predicted molar refractivity (Wildman–Crippen MR) is 55.1 cm³/mol. The Balaban J connectivity index is 2.36. The maximum atomic E-state index is 10.2. The minimum Gasteiger partial charge on any atom is -0.550 e. The van der Waals surface area contributed by atoms with E-state index < -0.39 is 12.1 Å². The van der Waals surface area contributed by atoms with Gasteiger partial charge in [-0.1, -0.05) is 29.8 Å². The maximum absolute atomic E-state index is 10.2. The molecule has 3 nitrogen and oxygen atoms in total. The molecule has 0 aromatic heterocycles. The molecule has 82 valence electrons. The van der Waals surface area contributed by atoms with Crippen LogP contribution in [0.5, 0.6) is 0 Å². The Bertz CT molecular complexity index is 316. The molecule has 1 aromatic carbocycles. The van der Waals surface area contributed by atoms with Gasteiger partial charge in [-0.05, 0) is 25.3 Å². The zero-order valence-electron chi connectivity index (χ0n) is 8.77. The van der Waals surface area contributed by atoms with Gasteiger partial charge in [0.15, 0.2) is 0 Å². The lowest BCUT2D eigenvalue weighted by Crippen LogP contribution is -2.27. The van der Waals surface area contributed by atoms with E-state index in [0.717, 1.165) is 5.56 Å². The number of carboxylic acid groups (broad SMARTS) is 1. The Labute approximate surface area is 89.4 Å². The van der Waals surface area contributed by atoms with Crippen LogP contribution in [0.3, 0.4) is 0 Å². The van der Waals surface area contributed by atoms with E-state index in [9.17, 15) is 15.0 Å². The third-order valence-electron chi connectivity index (χ3n) is 2.29. The van der Waals surface area contributed by atoms with Gasteiger partial charge in [0.2, 0.25) is 0 Å².